The van der Waals surface area contributed by atoms with Crippen LogP contribution in [0.1, 0.15) is 42.5 Å². The van der Waals surface area contributed by atoms with Crippen molar-refractivity contribution in [2.75, 3.05) is 13.2 Å². The van der Waals surface area contributed by atoms with E-state index in [0.29, 0.717) is 31.9 Å². The van der Waals surface area contributed by atoms with E-state index in [4.69, 9.17) is 33.2 Å². The van der Waals surface area contributed by atoms with Gasteiger partial charge < -0.3 is 38.1 Å². The van der Waals surface area contributed by atoms with Gasteiger partial charge >= 0.3 is 6.09 Å². The third-order valence-electron chi connectivity index (χ3n) is 9.85. The third-order valence-corrected chi connectivity index (χ3v) is 9.85. The fraction of sp³-hybridized carbons (Fsp3) is 0.326. The van der Waals surface area contributed by atoms with Crippen LogP contribution >= 0.6 is 0 Å². The fourth-order valence-electron chi connectivity index (χ4n) is 7.25. The number of fused-ring (bicyclic) bond motifs is 1. The summed E-state index contributed by atoms with van der Waals surface area (Å²) < 4.78 is 46.4. The Labute approximate surface area is 323 Å². The highest BCUT2D eigenvalue weighted by molar-refractivity contribution is 5.67. The summed E-state index contributed by atoms with van der Waals surface area (Å²) in [5.74, 6) is -0.398. The Morgan fingerprint density at radius 3 is 1.80 bits per heavy atom. The SMILES string of the molecule is CC1(C)O[C@@H]2[C@@H](OCc3ccccc3)[C@H](Oc3ccccc3)O[C@H](COCc3ccccc3)[C@]2(CCN(Cc2ccccc2)C(=O)OCc2ccccc2)O1. The van der Waals surface area contributed by atoms with E-state index in [-0.39, 0.29) is 19.8 Å². The lowest BCUT2D eigenvalue weighted by molar-refractivity contribution is -0.301. The van der Waals surface area contributed by atoms with Crippen molar-refractivity contribution in [1.29, 1.82) is 0 Å². The lowest BCUT2D eigenvalue weighted by Gasteiger charge is -2.49. The van der Waals surface area contributed by atoms with E-state index in [0.717, 1.165) is 22.3 Å². The molecule has 7 rings (SSSR count). The Morgan fingerprint density at radius 1 is 0.673 bits per heavy atom. The molecule has 1 amide bonds. The second-order valence-electron chi connectivity index (χ2n) is 14.4. The molecule has 2 heterocycles. The average molecular weight is 744 g/mol. The molecular formula is C46H49NO8. The van der Waals surface area contributed by atoms with E-state index in [1.54, 1.807) is 4.90 Å². The number of amides is 1. The molecule has 55 heavy (non-hydrogen) atoms. The minimum atomic E-state index is -1.12. The molecule has 0 aromatic heterocycles. The maximum atomic E-state index is 13.9. The van der Waals surface area contributed by atoms with Gasteiger partial charge in [-0.25, -0.2) is 4.79 Å². The summed E-state index contributed by atoms with van der Waals surface area (Å²) in [6.07, 6.45) is -3.04. The van der Waals surface area contributed by atoms with Crippen molar-refractivity contribution >= 4 is 6.09 Å². The molecule has 2 saturated heterocycles. The highest BCUT2D eigenvalue weighted by atomic mass is 16.8. The summed E-state index contributed by atoms with van der Waals surface area (Å²) in [5, 5.41) is 0. The minimum absolute atomic E-state index is 0.151. The van der Waals surface area contributed by atoms with Gasteiger partial charge in [-0.15, -0.1) is 0 Å². The molecule has 0 unspecified atom stereocenters. The summed E-state index contributed by atoms with van der Waals surface area (Å²) in [6, 6.07) is 49.1. The van der Waals surface area contributed by atoms with Gasteiger partial charge in [-0.3, -0.25) is 0 Å². The number of nitrogens with zero attached hydrogens (tertiary/aromatic N) is 1. The van der Waals surface area contributed by atoms with E-state index in [1.165, 1.54) is 0 Å². The predicted molar refractivity (Wildman–Crippen MR) is 208 cm³/mol. The first kappa shape index (κ1) is 38.3. The highest BCUT2D eigenvalue weighted by Crippen LogP contribution is 2.49. The van der Waals surface area contributed by atoms with Crippen molar-refractivity contribution in [2.24, 2.45) is 0 Å². The third kappa shape index (κ3) is 9.99. The Balaban J connectivity index is 1.21. The number of para-hydroxylation sites is 1. The molecule has 0 saturated carbocycles. The average Bonchev–Trinajstić information content (AvgIpc) is 3.51. The molecule has 0 spiro atoms. The van der Waals surface area contributed by atoms with Gasteiger partial charge in [0.1, 0.15) is 36.3 Å². The Morgan fingerprint density at radius 2 is 1.20 bits per heavy atom. The summed E-state index contributed by atoms with van der Waals surface area (Å²) >= 11 is 0. The number of hydrogen-bond acceptors (Lipinski definition) is 8. The van der Waals surface area contributed by atoms with Crippen LogP contribution in [0.15, 0.2) is 152 Å². The maximum Gasteiger partial charge on any atom is 0.410 e. The Bertz CT molecular complexity index is 1900. The van der Waals surface area contributed by atoms with Gasteiger partial charge in [-0.2, -0.15) is 0 Å². The molecule has 0 radical (unpaired) electrons. The molecule has 5 atom stereocenters. The van der Waals surface area contributed by atoms with E-state index in [2.05, 4.69) is 0 Å². The van der Waals surface area contributed by atoms with Crippen LogP contribution in [-0.4, -0.2) is 60.1 Å². The number of rotatable bonds is 16. The van der Waals surface area contributed by atoms with Crippen LogP contribution in [0.3, 0.4) is 0 Å². The standard InChI is InChI=1S/C46H49NO8/c1-45(2)54-42-41(50-32-37-22-12-5-13-23-37)43(52-39-26-16-7-17-27-39)53-40(34-49-31-36-20-10-4-11-21-36)46(42,55-45)28-29-47(30-35-18-8-3-9-19-35)44(48)51-33-38-24-14-6-15-25-38/h3-27,40-43H,28-34H2,1-2H3/t40-,41-,42-,43-,46+/m1/s1. The van der Waals surface area contributed by atoms with Crippen LogP contribution in [0.4, 0.5) is 4.79 Å². The molecule has 2 aliphatic rings. The van der Waals surface area contributed by atoms with Gasteiger partial charge in [0.15, 0.2) is 5.79 Å². The van der Waals surface area contributed by atoms with Gasteiger partial charge in [0.25, 0.3) is 0 Å². The zero-order chi connectivity index (χ0) is 37.9. The van der Waals surface area contributed by atoms with Gasteiger partial charge in [-0.05, 0) is 54.7 Å². The summed E-state index contributed by atoms with van der Waals surface area (Å²) in [4.78, 5) is 15.6. The van der Waals surface area contributed by atoms with E-state index in [1.807, 2.05) is 166 Å². The summed E-state index contributed by atoms with van der Waals surface area (Å²) in [7, 11) is 0. The van der Waals surface area contributed by atoms with Crippen LogP contribution in [0.5, 0.6) is 5.75 Å². The zero-order valence-corrected chi connectivity index (χ0v) is 31.4. The molecule has 286 valence electrons. The summed E-state index contributed by atoms with van der Waals surface area (Å²) in [6.45, 7) is 5.38. The highest BCUT2D eigenvalue weighted by Gasteiger charge is 2.66. The van der Waals surface area contributed by atoms with E-state index in [9.17, 15) is 4.79 Å². The number of benzene rings is 5. The first-order chi connectivity index (χ1) is 26.9. The van der Waals surface area contributed by atoms with E-state index < -0.39 is 42.1 Å². The van der Waals surface area contributed by atoms with Crippen molar-refractivity contribution in [3.05, 3.63) is 174 Å². The first-order valence-electron chi connectivity index (χ1n) is 18.9. The van der Waals surface area contributed by atoms with Crippen LogP contribution < -0.4 is 4.74 Å². The topological polar surface area (TPSA) is 84.9 Å². The van der Waals surface area contributed by atoms with Gasteiger partial charge in [0.2, 0.25) is 6.29 Å². The van der Waals surface area contributed by atoms with Crippen molar-refractivity contribution in [3.63, 3.8) is 0 Å². The van der Waals surface area contributed by atoms with Crippen LogP contribution in [0.25, 0.3) is 0 Å². The molecule has 2 aliphatic heterocycles. The molecule has 2 fully saturated rings. The number of hydrogen-bond donors (Lipinski definition) is 0. The lowest BCUT2D eigenvalue weighted by Crippen LogP contribution is -2.67. The molecule has 9 nitrogen and oxygen atoms in total. The smallest absolute Gasteiger partial charge is 0.410 e. The van der Waals surface area contributed by atoms with Crippen molar-refractivity contribution in [2.45, 2.75) is 82.6 Å². The van der Waals surface area contributed by atoms with Crippen molar-refractivity contribution < 1.29 is 38.0 Å². The number of ether oxygens (including phenoxy) is 7. The number of carbonyl (C=O) groups is 1. The van der Waals surface area contributed by atoms with Gasteiger partial charge in [0, 0.05) is 13.1 Å². The fourth-order valence-corrected chi connectivity index (χ4v) is 7.25. The summed E-state index contributed by atoms with van der Waals surface area (Å²) in [5.41, 5.74) is 2.78. The molecule has 5 aromatic rings. The van der Waals surface area contributed by atoms with Crippen LogP contribution in [0.2, 0.25) is 0 Å². The molecular weight excluding hydrogens is 695 g/mol. The van der Waals surface area contributed by atoms with E-state index >= 15 is 0 Å². The molecule has 0 aliphatic carbocycles. The molecule has 0 bridgehead atoms. The van der Waals surface area contributed by atoms with Gasteiger partial charge in [-0.1, -0.05) is 140 Å². The Kier molecular flexibility index (Phi) is 12.6. The van der Waals surface area contributed by atoms with Crippen molar-refractivity contribution in [1.82, 2.24) is 4.90 Å². The molecule has 0 N–H and O–H groups in total. The monoisotopic (exact) mass is 743 g/mol. The minimum Gasteiger partial charge on any atom is -0.462 e. The van der Waals surface area contributed by atoms with Crippen LogP contribution in [0, 0.1) is 0 Å². The maximum absolute atomic E-state index is 13.9. The first-order valence-corrected chi connectivity index (χ1v) is 18.9. The molecule has 9 heteroatoms. The molecule has 5 aromatic carbocycles. The van der Waals surface area contributed by atoms with Gasteiger partial charge in [0.05, 0.1) is 19.8 Å². The second-order valence-corrected chi connectivity index (χ2v) is 14.4. The largest absolute Gasteiger partial charge is 0.462 e. The lowest BCUT2D eigenvalue weighted by atomic mass is 9.81. The van der Waals surface area contributed by atoms with Crippen LogP contribution in [-0.2, 0) is 54.8 Å². The quantitative estimate of drug-likeness (QED) is 0.0993. The number of carbonyl (C=O) groups excluding carboxylic acids is 1. The zero-order valence-electron chi connectivity index (χ0n) is 31.4. The predicted octanol–water partition coefficient (Wildman–Crippen LogP) is 8.71. The second kappa shape index (κ2) is 18.1. The Hall–Kier alpha value is -5.03. The van der Waals surface area contributed by atoms with Crippen molar-refractivity contribution in [3.8, 4) is 5.75 Å². The normalized spacial score (nSPS) is 22.7.